The Morgan fingerprint density at radius 3 is 2.45 bits per heavy atom. The lowest BCUT2D eigenvalue weighted by molar-refractivity contribution is 0.359. The van der Waals surface area contributed by atoms with Crippen molar-refractivity contribution in [2.24, 2.45) is 0 Å². The molecule has 102 valence electrons. The van der Waals surface area contributed by atoms with E-state index in [1.54, 1.807) is 24.3 Å². The van der Waals surface area contributed by atoms with Gasteiger partial charge in [-0.15, -0.1) is 0 Å². The molecule has 0 saturated heterocycles. The zero-order valence-electron chi connectivity index (χ0n) is 10.5. The minimum Gasteiger partial charge on any atom is -0.507 e. The van der Waals surface area contributed by atoms with Crippen LogP contribution in [0, 0.1) is 0 Å². The van der Waals surface area contributed by atoms with Crippen molar-refractivity contribution in [1.29, 1.82) is 0 Å². The van der Waals surface area contributed by atoms with Gasteiger partial charge in [0.1, 0.15) is 23.0 Å². The minimum absolute atomic E-state index is 0.0355. The minimum atomic E-state index is -3.66. The maximum absolute atomic E-state index is 12.3. The van der Waals surface area contributed by atoms with Gasteiger partial charge in [-0.25, -0.2) is 8.42 Å². The number of hydrogen-bond donors (Lipinski definition) is 1. The van der Waals surface area contributed by atoms with Gasteiger partial charge in [-0.1, -0.05) is 30.3 Å². The summed E-state index contributed by atoms with van der Waals surface area (Å²) < 4.78 is 30.1. The summed E-state index contributed by atoms with van der Waals surface area (Å²) in [6.45, 7) is -0.0551. The highest BCUT2D eigenvalue weighted by Gasteiger charge is 2.32. The lowest BCUT2D eigenvalue weighted by Gasteiger charge is -2.07. The first-order valence-electron chi connectivity index (χ1n) is 6.04. The van der Waals surface area contributed by atoms with Crippen molar-refractivity contribution in [3.8, 4) is 11.5 Å². The van der Waals surface area contributed by atoms with Crippen LogP contribution in [0.5, 0.6) is 11.5 Å². The zero-order chi connectivity index (χ0) is 14.2. The van der Waals surface area contributed by atoms with Crippen LogP contribution in [0.4, 0.5) is 0 Å². The van der Waals surface area contributed by atoms with Gasteiger partial charge in [0.25, 0.3) is 0 Å². The van der Waals surface area contributed by atoms with Crippen LogP contribution in [-0.2, 0) is 9.84 Å². The molecule has 0 unspecified atom stereocenters. The number of fused-ring (bicyclic) bond motifs is 1. The quantitative estimate of drug-likeness (QED) is 0.943. The number of benzene rings is 2. The topological polar surface area (TPSA) is 63.6 Å². The van der Waals surface area contributed by atoms with Crippen molar-refractivity contribution < 1.29 is 18.3 Å². The SMILES string of the molecule is O=S1(=O)C(COc2ccccc2)=Cc2cccc(O)c21. The van der Waals surface area contributed by atoms with E-state index in [0.717, 1.165) is 0 Å². The predicted octanol–water partition coefficient (Wildman–Crippen LogP) is 2.60. The Kier molecular flexibility index (Phi) is 2.99. The summed E-state index contributed by atoms with van der Waals surface area (Å²) in [7, 11) is -3.66. The van der Waals surface area contributed by atoms with Gasteiger partial charge in [0.05, 0.1) is 4.91 Å². The molecule has 2 aromatic rings. The smallest absolute Gasteiger partial charge is 0.210 e. The second-order valence-corrected chi connectivity index (χ2v) is 6.35. The number of para-hydroxylation sites is 1. The van der Waals surface area contributed by atoms with Crippen LogP contribution in [0.2, 0.25) is 0 Å². The van der Waals surface area contributed by atoms with Crippen molar-refractivity contribution >= 4 is 15.9 Å². The van der Waals surface area contributed by atoms with Crippen LogP contribution in [0.3, 0.4) is 0 Å². The van der Waals surface area contributed by atoms with Crippen LogP contribution < -0.4 is 4.74 Å². The Balaban J connectivity index is 1.89. The van der Waals surface area contributed by atoms with Gasteiger partial charge in [-0.05, 0) is 29.8 Å². The van der Waals surface area contributed by atoms with Crippen molar-refractivity contribution in [2.45, 2.75) is 4.90 Å². The highest BCUT2D eigenvalue weighted by atomic mass is 32.2. The highest BCUT2D eigenvalue weighted by Crippen LogP contribution is 2.38. The molecule has 0 amide bonds. The Hall–Kier alpha value is -2.27. The molecule has 0 aromatic heterocycles. The molecule has 20 heavy (non-hydrogen) atoms. The number of sulfone groups is 1. The van der Waals surface area contributed by atoms with Gasteiger partial charge in [-0.2, -0.15) is 0 Å². The second-order valence-electron chi connectivity index (χ2n) is 4.41. The third kappa shape index (κ3) is 2.06. The average Bonchev–Trinajstić information content (AvgIpc) is 2.70. The highest BCUT2D eigenvalue weighted by molar-refractivity contribution is 7.96. The molecule has 0 aliphatic carbocycles. The standard InChI is InChI=1S/C15H12O4S/c16-14-8-4-5-11-9-13(20(17,18)15(11)14)10-19-12-6-2-1-3-7-12/h1-9,16H,10H2. The van der Waals surface area contributed by atoms with E-state index >= 15 is 0 Å². The normalized spacial score (nSPS) is 15.5. The van der Waals surface area contributed by atoms with E-state index < -0.39 is 9.84 Å². The van der Waals surface area contributed by atoms with Crippen molar-refractivity contribution in [3.63, 3.8) is 0 Å². The van der Waals surface area contributed by atoms with Gasteiger partial charge >= 0.3 is 0 Å². The molecule has 0 fully saturated rings. The van der Waals surface area contributed by atoms with Crippen molar-refractivity contribution in [1.82, 2.24) is 0 Å². The molecule has 1 aliphatic rings. The fourth-order valence-corrected chi connectivity index (χ4v) is 3.66. The molecule has 1 heterocycles. The molecule has 3 rings (SSSR count). The van der Waals surface area contributed by atoms with Crippen LogP contribution >= 0.6 is 0 Å². The first-order chi connectivity index (χ1) is 9.59. The summed E-state index contributed by atoms with van der Waals surface area (Å²) in [5.74, 6) is 0.372. The molecule has 5 heteroatoms. The zero-order valence-corrected chi connectivity index (χ0v) is 11.3. The molecule has 0 bridgehead atoms. The third-order valence-corrected chi connectivity index (χ3v) is 4.99. The summed E-state index contributed by atoms with van der Waals surface area (Å²) in [5.41, 5.74) is 0.497. The maximum atomic E-state index is 12.3. The molecular formula is C15H12O4S. The van der Waals surface area contributed by atoms with E-state index in [9.17, 15) is 13.5 Å². The summed E-state index contributed by atoms with van der Waals surface area (Å²) in [6.07, 6.45) is 1.54. The Morgan fingerprint density at radius 1 is 1.00 bits per heavy atom. The van der Waals surface area contributed by atoms with Crippen LogP contribution in [0.15, 0.2) is 58.3 Å². The van der Waals surface area contributed by atoms with Crippen molar-refractivity contribution in [3.05, 3.63) is 59.0 Å². The first kappa shape index (κ1) is 12.7. The molecule has 1 aliphatic heterocycles. The van der Waals surface area contributed by atoms with Crippen LogP contribution in [-0.4, -0.2) is 20.1 Å². The predicted molar refractivity (Wildman–Crippen MR) is 75.2 cm³/mol. The number of phenolic OH excluding ortho intramolecular Hbond substituents is 1. The van der Waals surface area contributed by atoms with E-state index in [1.165, 1.54) is 12.1 Å². The number of aromatic hydroxyl groups is 1. The largest absolute Gasteiger partial charge is 0.507 e. The molecule has 2 aromatic carbocycles. The Bertz CT molecular complexity index is 777. The molecule has 0 radical (unpaired) electrons. The molecule has 4 nitrogen and oxygen atoms in total. The van der Waals surface area contributed by atoms with Gasteiger partial charge in [-0.3, -0.25) is 0 Å². The third-order valence-electron chi connectivity index (χ3n) is 3.08. The van der Waals surface area contributed by atoms with E-state index in [2.05, 4.69) is 0 Å². The number of hydrogen-bond acceptors (Lipinski definition) is 4. The molecular weight excluding hydrogens is 276 g/mol. The summed E-state index contributed by atoms with van der Waals surface area (Å²) in [5, 5.41) is 9.72. The molecule has 0 saturated carbocycles. The van der Waals surface area contributed by atoms with Crippen molar-refractivity contribution in [2.75, 3.05) is 6.61 Å². The van der Waals surface area contributed by atoms with Gasteiger partial charge < -0.3 is 9.84 Å². The molecule has 0 spiro atoms. The van der Waals surface area contributed by atoms with Gasteiger partial charge in [0, 0.05) is 0 Å². The average molecular weight is 288 g/mol. The number of rotatable bonds is 3. The Labute approximate surface area is 116 Å². The van der Waals surface area contributed by atoms with Crippen LogP contribution in [0.1, 0.15) is 5.56 Å². The lowest BCUT2D eigenvalue weighted by Crippen LogP contribution is -2.09. The summed E-state index contributed by atoms with van der Waals surface area (Å²) >= 11 is 0. The van der Waals surface area contributed by atoms with Crippen LogP contribution in [0.25, 0.3) is 6.08 Å². The fraction of sp³-hybridized carbons (Fsp3) is 0.0667. The number of ether oxygens (including phenoxy) is 1. The maximum Gasteiger partial charge on any atom is 0.210 e. The van der Waals surface area contributed by atoms with Gasteiger partial charge in [0.15, 0.2) is 0 Å². The van der Waals surface area contributed by atoms with E-state index in [0.29, 0.717) is 11.3 Å². The summed E-state index contributed by atoms with van der Waals surface area (Å²) in [6, 6.07) is 13.6. The second kappa shape index (κ2) is 4.68. The van der Waals surface area contributed by atoms with E-state index in [4.69, 9.17) is 4.74 Å². The number of phenols is 1. The monoisotopic (exact) mass is 288 g/mol. The van der Waals surface area contributed by atoms with E-state index in [1.807, 2.05) is 18.2 Å². The Morgan fingerprint density at radius 2 is 1.75 bits per heavy atom. The molecule has 0 atom stereocenters. The summed E-state index contributed by atoms with van der Waals surface area (Å²) in [4.78, 5) is 0.115. The lowest BCUT2D eigenvalue weighted by atomic mass is 10.2. The van der Waals surface area contributed by atoms with Gasteiger partial charge in [0.2, 0.25) is 9.84 Å². The molecule has 1 N–H and O–H groups in total. The fourth-order valence-electron chi connectivity index (χ4n) is 2.12. The first-order valence-corrected chi connectivity index (χ1v) is 7.53. The van der Waals surface area contributed by atoms with E-state index in [-0.39, 0.29) is 22.2 Å².